The molecule has 0 spiro atoms. The molecular weight excluding hydrogens is 216 g/mol. The van der Waals surface area contributed by atoms with Crippen LogP contribution < -0.4 is 0 Å². The van der Waals surface area contributed by atoms with Crippen LogP contribution in [0.5, 0.6) is 0 Å². The molecule has 0 aromatic carbocycles. The Morgan fingerprint density at radius 1 is 1.11 bits per heavy atom. The molecule has 0 bridgehead atoms. The molecule has 0 saturated heterocycles. The topological polar surface area (TPSA) is 0 Å². The van der Waals surface area contributed by atoms with E-state index in [0.29, 0.717) is 0 Å². The van der Waals surface area contributed by atoms with Crippen molar-refractivity contribution in [3.05, 3.63) is 12.7 Å². The molecule has 1 rings (SSSR count). The summed E-state index contributed by atoms with van der Waals surface area (Å²) < 4.78 is 0. The Bertz CT molecular complexity index is 208. The molecule has 0 heteroatoms. The van der Waals surface area contributed by atoms with E-state index in [4.69, 9.17) is 0 Å². The molecule has 0 N–H and O–H groups in total. The van der Waals surface area contributed by atoms with Crippen molar-refractivity contribution in [1.29, 1.82) is 0 Å². The highest BCUT2D eigenvalue weighted by Gasteiger charge is 2.26. The van der Waals surface area contributed by atoms with E-state index in [0.717, 1.165) is 23.7 Å². The van der Waals surface area contributed by atoms with Gasteiger partial charge in [-0.25, -0.2) is 0 Å². The van der Waals surface area contributed by atoms with Crippen molar-refractivity contribution in [2.45, 2.75) is 78.6 Å². The molecule has 1 fully saturated rings. The summed E-state index contributed by atoms with van der Waals surface area (Å²) in [7, 11) is 0. The molecule has 1 aliphatic rings. The van der Waals surface area contributed by atoms with Crippen LogP contribution in [0.15, 0.2) is 12.7 Å². The highest BCUT2D eigenvalue weighted by atomic mass is 14.3. The number of rotatable bonds is 8. The molecule has 106 valence electrons. The lowest BCUT2D eigenvalue weighted by Gasteiger charge is -2.34. The van der Waals surface area contributed by atoms with E-state index < -0.39 is 0 Å². The Hall–Kier alpha value is -0.260. The molecule has 0 radical (unpaired) electrons. The zero-order chi connectivity index (χ0) is 13.4. The van der Waals surface area contributed by atoms with Crippen LogP contribution in [-0.4, -0.2) is 0 Å². The zero-order valence-electron chi connectivity index (χ0n) is 13.0. The van der Waals surface area contributed by atoms with Crippen LogP contribution in [0, 0.1) is 23.7 Å². The molecule has 18 heavy (non-hydrogen) atoms. The predicted molar refractivity (Wildman–Crippen MR) is 82.7 cm³/mol. The Balaban J connectivity index is 2.28. The summed E-state index contributed by atoms with van der Waals surface area (Å²) in [5.74, 6) is 3.92. The van der Waals surface area contributed by atoms with Gasteiger partial charge >= 0.3 is 0 Å². The molecule has 1 unspecified atom stereocenters. The fraction of sp³-hybridized carbons (Fsp3) is 0.889. The Kier molecular flexibility index (Phi) is 7.70. The van der Waals surface area contributed by atoms with E-state index in [-0.39, 0.29) is 0 Å². The van der Waals surface area contributed by atoms with Crippen LogP contribution >= 0.6 is 0 Å². The maximum absolute atomic E-state index is 3.84. The molecule has 0 amide bonds. The van der Waals surface area contributed by atoms with Gasteiger partial charge in [0.15, 0.2) is 0 Å². The lowest BCUT2D eigenvalue weighted by molar-refractivity contribution is 0.181. The number of hydrogen-bond acceptors (Lipinski definition) is 0. The molecule has 1 aliphatic carbocycles. The van der Waals surface area contributed by atoms with E-state index in [1.807, 2.05) is 0 Å². The average Bonchev–Trinajstić information content (AvgIpc) is 2.38. The SMILES string of the molecule is C=CCCC1CCC(C(CC)CCC(C)C)CC1. The van der Waals surface area contributed by atoms with Crippen molar-refractivity contribution in [1.82, 2.24) is 0 Å². The van der Waals surface area contributed by atoms with Gasteiger partial charge in [0.1, 0.15) is 0 Å². The highest BCUT2D eigenvalue weighted by molar-refractivity contribution is 4.79. The van der Waals surface area contributed by atoms with Gasteiger partial charge in [0.25, 0.3) is 0 Å². The van der Waals surface area contributed by atoms with Gasteiger partial charge in [0.2, 0.25) is 0 Å². The van der Waals surface area contributed by atoms with Crippen LogP contribution in [0.3, 0.4) is 0 Å². The third-order valence-corrected chi connectivity index (χ3v) is 4.98. The molecule has 0 nitrogen and oxygen atoms in total. The van der Waals surface area contributed by atoms with Gasteiger partial charge in [-0.1, -0.05) is 52.5 Å². The summed E-state index contributed by atoms with van der Waals surface area (Å²) in [5.41, 5.74) is 0. The maximum Gasteiger partial charge on any atom is -0.0351 e. The van der Waals surface area contributed by atoms with Gasteiger partial charge in [-0.3, -0.25) is 0 Å². The molecule has 0 aromatic rings. The normalized spacial score (nSPS) is 26.2. The van der Waals surface area contributed by atoms with Crippen LogP contribution in [0.1, 0.15) is 78.6 Å². The number of allylic oxidation sites excluding steroid dienone is 1. The van der Waals surface area contributed by atoms with Crippen molar-refractivity contribution in [3.8, 4) is 0 Å². The van der Waals surface area contributed by atoms with Crippen LogP contribution in [-0.2, 0) is 0 Å². The third-order valence-electron chi connectivity index (χ3n) is 4.98. The van der Waals surface area contributed by atoms with Crippen LogP contribution in [0.4, 0.5) is 0 Å². The first kappa shape index (κ1) is 15.8. The van der Waals surface area contributed by atoms with Gasteiger partial charge < -0.3 is 0 Å². The second-order valence-electron chi connectivity index (χ2n) is 6.79. The molecule has 0 heterocycles. The molecule has 0 aromatic heterocycles. The van der Waals surface area contributed by atoms with Crippen LogP contribution in [0.25, 0.3) is 0 Å². The first-order valence-corrected chi connectivity index (χ1v) is 8.28. The summed E-state index contributed by atoms with van der Waals surface area (Å²) in [6.45, 7) is 11.0. The maximum atomic E-state index is 3.84. The minimum Gasteiger partial charge on any atom is -0.103 e. The number of hydrogen-bond donors (Lipinski definition) is 0. The van der Waals surface area contributed by atoms with Crippen molar-refractivity contribution in [3.63, 3.8) is 0 Å². The molecule has 1 saturated carbocycles. The van der Waals surface area contributed by atoms with Crippen molar-refractivity contribution in [2.75, 3.05) is 0 Å². The Morgan fingerprint density at radius 3 is 2.28 bits per heavy atom. The molecule has 0 aliphatic heterocycles. The minimum absolute atomic E-state index is 0.878. The summed E-state index contributed by atoms with van der Waals surface area (Å²) in [6.07, 6.45) is 15.0. The van der Waals surface area contributed by atoms with E-state index in [9.17, 15) is 0 Å². The second kappa shape index (κ2) is 8.77. The smallest absolute Gasteiger partial charge is 0.0351 e. The highest BCUT2D eigenvalue weighted by Crippen LogP contribution is 2.38. The summed E-state index contributed by atoms with van der Waals surface area (Å²) >= 11 is 0. The van der Waals surface area contributed by atoms with Crippen molar-refractivity contribution in [2.24, 2.45) is 23.7 Å². The zero-order valence-corrected chi connectivity index (χ0v) is 13.0. The van der Waals surface area contributed by atoms with Gasteiger partial charge in [0.05, 0.1) is 0 Å². The summed E-state index contributed by atoms with van der Waals surface area (Å²) in [4.78, 5) is 0. The lowest BCUT2D eigenvalue weighted by atomic mass is 9.72. The minimum atomic E-state index is 0.878. The fourth-order valence-electron chi connectivity index (χ4n) is 3.62. The quantitative estimate of drug-likeness (QED) is 0.448. The molecule has 1 atom stereocenters. The van der Waals surface area contributed by atoms with E-state index >= 15 is 0 Å². The van der Waals surface area contributed by atoms with Crippen molar-refractivity contribution < 1.29 is 0 Å². The van der Waals surface area contributed by atoms with Gasteiger partial charge in [-0.2, -0.15) is 0 Å². The Morgan fingerprint density at radius 2 is 1.78 bits per heavy atom. The largest absolute Gasteiger partial charge is 0.103 e. The lowest BCUT2D eigenvalue weighted by Crippen LogP contribution is -2.22. The van der Waals surface area contributed by atoms with Gasteiger partial charge in [-0.15, -0.1) is 6.58 Å². The molecular formula is C18H34. The van der Waals surface area contributed by atoms with Crippen LogP contribution in [0.2, 0.25) is 0 Å². The second-order valence-corrected chi connectivity index (χ2v) is 6.79. The first-order chi connectivity index (χ1) is 8.67. The van der Waals surface area contributed by atoms with Gasteiger partial charge in [0, 0.05) is 0 Å². The monoisotopic (exact) mass is 250 g/mol. The summed E-state index contributed by atoms with van der Waals surface area (Å²) in [5, 5.41) is 0. The van der Waals surface area contributed by atoms with E-state index in [1.165, 1.54) is 57.8 Å². The van der Waals surface area contributed by atoms with Crippen molar-refractivity contribution >= 4 is 0 Å². The third kappa shape index (κ3) is 5.59. The average molecular weight is 250 g/mol. The van der Waals surface area contributed by atoms with E-state index in [1.54, 1.807) is 0 Å². The summed E-state index contributed by atoms with van der Waals surface area (Å²) in [6, 6.07) is 0. The van der Waals surface area contributed by atoms with E-state index in [2.05, 4.69) is 33.4 Å². The standard InChI is InChI=1S/C18H34/c1-5-7-8-16-10-13-18(14-11-16)17(6-2)12-9-15(3)4/h5,15-18H,1,6-14H2,2-4H3. The van der Waals surface area contributed by atoms with Gasteiger partial charge in [-0.05, 0) is 55.8 Å². The predicted octanol–water partition coefficient (Wildman–Crippen LogP) is 6.22. The first-order valence-electron chi connectivity index (χ1n) is 8.28. The fourth-order valence-corrected chi connectivity index (χ4v) is 3.62. The Labute approximate surface area is 115 Å².